The normalized spacial score (nSPS) is 17.2. The third kappa shape index (κ3) is 2.61. The van der Waals surface area contributed by atoms with Crippen LogP contribution in [0.2, 0.25) is 0 Å². The lowest BCUT2D eigenvalue weighted by Gasteiger charge is -2.25. The first-order chi connectivity index (χ1) is 7.77. The first kappa shape index (κ1) is 11.2. The summed E-state index contributed by atoms with van der Waals surface area (Å²) < 4.78 is 0. The molecular weight excluding hydrogens is 194 g/mol. The maximum Gasteiger partial charge on any atom is 0.00635 e. The van der Waals surface area contributed by atoms with Crippen LogP contribution in [0.4, 0.5) is 0 Å². The summed E-state index contributed by atoms with van der Waals surface area (Å²) in [6, 6.07) is 10.8. The molecule has 0 heterocycles. The van der Waals surface area contributed by atoms with Gasteiger partial charge in [0.15, 0.2) is 0 Å². The van der Waals surface area contributed by atoms with Crippen molar-refractivity contribution in [1.82, 2.24) is 4.90 Å². The van der Waals surface area contributed by atoms with E-state index in [9.17, 15) is 0 Å². The summed E-state index contributed by atoms with van der Waals surface area (Å²) in [5, 5.41) is 0. The molecule has 1 atom stereocenters. The first-order valence-electron chi connectivity index (χ1n) is 5.82. The van der Waals surface area contributed by atoms with Gasteiger partial charge < -0.3 is 4.90 Å². The lowest BCUT2D eigenvalue weighted by atomic mass is 9.86. The molecule has 1 aromatic rings. The molecule has 1 nitrogen and oxygen atoms in total. The number of likely N-dealkylation sites (N-methyl/N-ethyl adjacent to an activating group) is 1. The van der Waals surface area contributed by atoms with Crippen molar-refractivity contribution in [2.45, 2.75) is 5.92 Å². The van der Waals surface area contributed by atoms with Gasteiger partial charge in [0.05, 0.1) is 0 Å². The van der Waals surface area contributed by atoms with Crippen molar-refractivity contribution in [1.29, 1.82) is 0 Å². The zero-order valence-electron chi connectivity index (χ0n) is 10.0. The highest BCUT2D eigenvalue weighted by Crippen LogP contribution is 2.29. The van der Waals surface area contributed by atoms with Gasteiger partial charge in [0, 0.05) is 18.4 Å². The molecule has 0 amide bonds. The molecular formula is C15H19N. The molecule has 0 bridgehead atoms. The summed E-state index contributed by atoms with van der Waals surface area (Å²) in [5.41, 5.74) is 1.43. The number of rotatable bonds is 4. The predicted molar refractivity (Wildman–Crippen MR) is 69.5 cm³/mol. The number of nitrogens with zero attached hydrogens (tertiary/aromatic N) is 1. The predicted octanol–water partition coefficient (Wildman–Crippen LogP) is 3.07. The highest BCUT2D eigenvalue weighted by molar-refractivity contribution is 5.28. The molecule has 0 saturated heterocycles. The number of benzene rings is 1. The molecule has 2 rings (SSSR count). The number of hydrogen-bond acceptors (Lipinski definition) is 1. The van der Waals surface area contributed by atoms with Crippen molar-refractivity contribution in [2.24, 2.45) is 5.92 Å². The van der Waals surface area contributed by atoms with Crippen LogP contribution in [0.1, 0.15) is 11.5 Å². The summed E-state index contributed by atoms with van der Waals surface area (Å²) in [6.45, 7) is 1.09. The minimum absolute atomic E-state index is 0.546. The van der Waals surface area contributed by atoms with Gasteiger partial charge in [-0.3, -0.25) is 0 Å². The molecule has 1 aliphatic rings. The van der Waals surface area contributed by atoms with Crippen LogP contribution in [0.3, 0.4) is 0 Å². The van der Waals surface area contributed by atoms with Gasteiger partial charge in [-0.15, -0.1) is 0 Å². The second-order valence-corrected chi connectivity index (χ2v) is 4.63. The minimum atomic E-state index is 0.546. The van der Waals surface area contributed by atoms with E-state index in [0.29, 0.717) is 11.8 Å². The summed E-state index contributed by atoms with van der Waals surface area (Å²) in [6.07, 6.45) is 8.88. The van der Waals surface area contributed by atoms with Gasteiger partial charge in [0.25, 0.3) is 0 Å². The molecule has 16 heavy (non-hydrogen) atoms. The SMILES string of the molecule is CN(C)CC(c1ccccc1)C1C=CC=C1. The van der Waals surface area contributed by atoms with E-state index in [2.05, 4.69) is 73.6 Å². The van der Waals surface area contributed by atoms with E-state index in [-0.39, 0.29) is 0 Å². The van der Waals surface area contributed by atoms with Crippen LogP contribution in [0.5, 0.6) is 0 Å². The van der Waals surface area contributed by atoms with Crippen LogP contribution in [-0.4, -0.2) is 25.5 Å². The van der Waals surface area contributed by atoms with Crippen molar-refractivity contribution in [3.8, 4) is 0 Å². The highest BCUT2D eigenvalue weighted by atomic mass is 15.1. The van der Waals surface area contributed by atoms with E-state index in [0.717, 1.165) is 6.54 Å². The van der Waals surface area contributed by atoms with Crippen LogP contribution in [-0.2, 0) is 0 Å². The van der Waals surface area contributed by atoms with Crippen LogP contribution in [0.15, 0.2) is 54.6 Å². The Balaban J connectivity index is 2.21. The Morgan fingerprint density at radius 2 is 1.69 bits per heavy atom. The maximum atomic E-state index is 2.29. The standard InChI is InChI=1S/C15H19N/c1-16(2)12-15(14-10-6-7-11-14)13-8-4-3-5-9-13/h3-11,14-15H,12H2,1-2H3. The molecule has 0 radical (unpaired) electrons. The van der Waals surface area contributed by atoms with E-state index >= 15 is 0 Å². The molecule has 0 spiro atoms. The quantitative estimate of drug-likeness (QED) is 0.743. The van der Waals surface area contributed by atoms with Crippen LogP contribution in [0.25, 0.3) is 0 Å². The summed E-state index contributed by atoms with van der Waals surface area (Å²) in [5.74, 6) is 1.11. The van der Waals surface area contributed by atoms with Crippen LogP contribution < -0.4 is 0 Å². The Labute approximate surface area is 98.1 Å². The summed E-state index contributed by atoms with van der Waals surface area (Å²) >= 11 is 0. The lowest BCUT2D eigenvalue weighted by Crippen LogP contribution is -2.24. The van der Waals surface area contributed by atoms with Crippen molar-refractivity contribution in [3.05, 3.63) is 60.2 Å². The van der Waals surface area contributed by atoms with Gasteiger partial charge in [-0.2, -0.15) is 0 Å². The zero-order valence-corrected chi connectivity index (χ0v) is 10.0. The van der Waals surface area contributed by atoms with Gasteiger partial charge in [-0.25, -0.2) is 0 Å². The highest BCUT2D eigenvalue weighted by Gasteiger charge is 2.20. The van der Waals surface area contributed by atoms with Gasteiger partial charge in [0.2, 0.25) is 0 Å². The maximum absolute atomic E-state index is 2.29. The fraction of sp³-hybridized carbons (Fsp3) is 0.333. The minimum Gasteiger partial charge on any atom is -0.309 e. The van der Waals surface area contributed by atoms with E-state index in [1.807, 2.05) is 0 Å². The Bertz CT molecular complexity index is 364. The van der Waals surface area contributed by atoms with Crippen molar-refractivity contribution in [3.63, 3.8) is 0 Å². The van der Waals surface area contributed by atoms with Crippen LogP contribution >= 0.6 is 0 Å². The molecule has 1 aliphatic carbocycles. The van der Waals surface area contributed by atoms with E-state index in [4.69, 9.17) is 0 Å². The monoisotopic (exact) mass is 213 g/mol. The average Bonchev–Trinajstić information content (AvgIpc) is 2.80. The molecule has 1 aromatic carbocycles. The topological polar surface area (TPSA) is 3.24 Å². The third-order valence-corrected chi connectivity index (χ3v) is 3.03. The van der Waals surface area contributed by atoms with Crippen LogP contribution in [0, 0.1) is 5.92 Å². The summed E-state index contributed by atoms with van der Waals surface area (Å²) in [4.78, 5) is 2.26. The Morgan fingerprint density at radius 3 is 2.25 bits per heavy atom. The second-order valence-electron chi connectivity index (χ2n) is 4.63. The Morgan fingerprint density at radius 1 is 1.06 bits per heavy atom. The number of allylic oxidation sites excluding steroid dienone is 4. The van der Waals surface area contributed by atoms with Gasteiger partial charge in [-0.1, -0.05) is 54.6 Å². The molecule has 84 valence electrons. The molecule has 0 aromatic heterocycles. The van der Waals surface area contributed by atoms with Gasteiger partial charge >= 0.3 is 0 Å². The first-order valence-corrected chi connectivity index (χ1v) is 5.82. The second kappa shape index (κ2) is 5.13. The Kier molecular flexibility index (Phi) is 3.58. The molecule has 0 N–H and O–H groups in total. The van der Waals surface area contributed by atoms with E-state index < -0.39 is 0 Å². The molecule has 0 saturated carbocycles. The fourth-order valence-corrected chi connectivity index (χ4v) is 2.26. The lowest BCUT2D eigenvalue weighted by molar-refractivity contribution is 0.354. The third-order valence-electron chi connectivity index (χ3n) is 3.03. The number of hydrogen-bond donors (Lipinski definition) is 0. The van der Waals surface area contributed by atoms with Crippen molar-refractivity contribution in [2.75, 3.05) is 20.6 Å². The average molecular weight is 213 g/mol. The summed E-state index contributed by atoms with van der Waals surface area (Å²) in [7, 11) is 4.27. The van der Waals surface area contributed by atoms with E-state index in [1.54, 1.807) is 0 Å². The molecule has 1 unspecified atom stereocenters. The molecule has 1 heteroatoms. The zero-order chi connectivity index (χ0) is 11.4. The smallest absolute Gasteiger partial charge is 0.00635 e. The van der Waals surface area contributed by atoms with Gasteiger partial charge in [0.1, 0.15) is 0 Å². The molecule has 0 aliphatic heterocycles. The van der Waals surface area contributed by atoms with Crippen molar-refractivity contribution < 1.29 is 0 Å². The largest absolute Gasteiger partial charge is 0.309 e. The fourth-order valence-electron chi connectivity index (χ4n) is 2.26. The Hall–Kier alpha value is -1.34. The van der Waals surface area contributed by atoms with E-state index in [1.165, 1.54) is 5.56 Å². The van der Waals surface area contributed by atoms with Crippen molar-refractivity contribution >= 4 is 0 Å². The molecule has 0 fully saturated rings. The van der Waals surface area contributed by atoms with Gasteiger partial charge in [-0.05, 0) is 19.7 Å².